The number of fused-ring (bicyclic) bond motifs is 1. The van der Waals surface area contributed by atoms with Gasteiger partial charge in [0.1, 0.15) is 11.3 Å². The predicted octanol–water partition coefficient (Wildman–Crippen LogP) is 1.46. The highest BCUT2D eigenvalue weighted by molar-refractivity contribution is 5.92. The third-order valence-corrected chi connectivity index (χ3v) is 4.05. The van der Waals surface area contributed by atoms with Gasteiger partial charge in [-0.25, -0.2) is 4.79 Å². The average Bonchev–Trinajstić information content (AvgIpc) is 2.59. The molecule has 0 saturated carbocycles. The smallest absolute Gasteiger partial charge is 0.340 e. The minimum atomic E-state index is -0.963. The number of H-pyrrole nitrogens is 1. The van der Waals surface area contributed by atoms with Crippen molar-refractivity contribution in [2.75, 3.05) is 7.11 Å². The fraction of sp³-hybridized carbons (Fsp3) is 0.176. The van der Waals surface area contributed by atoms with E-state index in [4.69, 9.17) is 15.2 Å². The number of hydrogen-bond acceptors (Lipinski definition) is 7. The molecule has 0 bridgehead atoms. The average molecular weight is 357 g/mol. The lowest BCUT2D eigenvalue weighted by atomic mass is 9.83. The SMILES string of the molecule is COC(=O)C1=C(N)Oc2cc(C)[nH]c(=O)c2[C@H]1c1cccc([N+](=O)[O-])c1. The number of hydrogen-bond donors (Lipinski definition) is 2. The normalized spacial score (nSPS) is 15.8. The molecule has 1 aromatic carbocycles. The molecule has 0 fully saturated rings. The van der Waals surface area contributed by atoms with Crippen LogP contribution < -0.4 is 16.0 Å². The molecule has 0 unspecified atom stereocenters. The molecule has 134 valence electrons. The molecule has 3 N–H and O–H groups in total. The first-order chi connectivity index (χ1) is 12.3. The maximum atomic E-state index is 12.6. The van der Waals surface area contributed by atoms with Gasteiger partial charge in [0.2, 0.25) is 5.88 Å². The first kappa shape index (κ1) is 17.2. The van der Waals surface area contributed by atoms with E-state index in [0.29, 0.717) is 11.3 Å². The van der Waals surface area contributed by atoms with Gasteiger partial charge in [0, 0.05) is 23.9 Å². The van der Waals surface area contributed by atoms with Crippen LogP contribution >= 0.6 is 0 Å². The van der Waals surface area contributed by atoms with Crippen molar-refractivity contribution < 1.29 is 19.2 Å². The molecule has 0 aliphatic carbocycles. The number of aromatic amines is 1. The summed E-state index contributed by atoms with van der Waals surface area (Å²) in [5.41, 5.74) is 6.18. The second kappa shape index (κ2) is 6.36. The van der Waals surface area contributed by atoms with Crippen LogP contribution in [0.2, 0.25) is 0 Å². The minimum Gasteiger partial charge on any atom is -0.465 e. The number of nitrogens with two attached hydrogens (primary N) is 1. The summed E-state index contributed by atoms with van der Waals surface area (Å²) in [5.74, 6) is -1.78. The standard InChI is InChI=1S/C17H15N3O6/c1-8-6-11-13(16(21)19-8)12(14(15(18)26-11)17(22)25-2)9-4-3-5-10(7-9)20(23)24/h3-7,12H,18H2,1-2H3,(H,19,21)/t12-/m1/s1. The molecule has 26 heavy (non-hydrogen) atoms. The zero-order valence-corrected chi connectivity index (χ0v) is 13.9. The van der Waals surface area contributed by atoms with Gasteiger partial charge in [0.15, 0.2) is 0 Å². The van der Waals surface area contributed by atoms with Gasteiger partial charge in [-0.1, -0.05) is 12.1 Å². The van der Waals surface area contributed by atoms with E-state index < -0.39 is 22.4 Å². The van der Waals surface area contributed by atoms with Crippen molar-refractivity contribution in [1.29, 1.82) is 0 Å². The van der Waals surface area contributed by atoms with Gasteiger partial charge in [0.05, 0.1) is 23.5 Å². The van der Waals surface area contributed by atoms with Crippen molar-refractivity contribution in [3.05, 3.63) is 79.1 Å². The third kappa shape index (κ3) is 2.79. The Kier molecular flexibility index (Phi) is 4.21. The molecule has 9 nitrogen and oxygen atoms in total. The molecule has 1 atom stereocenters. The number of nitrogens with one attached hydrogen (secondary N) is 1. The molecule has 0 amide bonds. The number of rotatable bonds is 3. The number of pyridine rings is 1. The van der Waals surface area contributed by atoms with Crippen LogP contribution in [0.5, 0.6) is 5.75 Å². The molecule has 0 radical (unpaired) electrons. The van der Waals surface area contributed by atoms with Crippen LogP contribution in [-0.4, -0.2) is 23.0 Å². The van der Waals surface area contributed by atoms with E-state index in [1.165, 1.54) is 25.3 Å². The molecule has 1 aromatic heterocycles. The third-order valence-electron chi connectivity index (χ3n) is 4.05. The Morgan fingerprint density at radius 1 is 1.38 bits per heavy atom. The van der Waals surface area contributed by atoms with Crippen molar-refractivity contribution in [1.82, 2.24) is 4.98 Å². The van der Waals surface area contributed by atoms with Crippen molar-refractivity contribution in [3.8, 4) is 5.75 Å². The summed E-state index contributed by atoms with van der Waals surface area (Å²) in [6.07, 6.45) is 0. The molecule has 2 heterocycles. The lowest BCUT2D eigenvalue weighted by Crippen LogP contribution is -2.31. The first-order valence-electron chi connectivity index (χ1n) is 7.57. The van der Waals surface area contributed by atoms with Gasteiger partial charge in [-0.2, -0.15) is 0 Å². The number of carbonyl (C=O) groups is 1. The van der Waals surface area contributed by atoms with Crippen molar-refractivity contribution in [2.45, 2.75) is 12.8 Å². The molecule has 3 rings (SSSR count). The number of carbonyl (C=O) groups excluding carboxylic acids is 1. The Morgan fingerprint density at radius 3 is 2.77 bits per heavy atom. The number of aryl methyl sites for hydroxylation is 1. The fourth-order valence-electron chi connectivity index (χ4n) is 2.97. The molecule has 1 aliphatic heterocycles. The van der Waals surface area contributed by atoms with Crippen LogP contribution in [0.4, 0.5) is 5.69 Å². The van der Waals surface area contributed by atoms with Crippen molar-refractivity contribution in [2.24, 2.45) is 5.73 Å². The Morgan fingerprint density at radius 2 is 2.12 bits per heavy atom. The Balaban J connectivity index is 2.32. The fourth-order valence-corrected chi connectivity index (χ4v) is 2.97. The van der Waals surface area contributed by atoms with E-state index in [0.717, 1.165) is 0 Å². The van der Waals surface area contributed by atoms with Gasteiger partial charge in [0.25, 0.3) is 11.2 Å². The van der Waals surface area contributed by atoms with Crippen molar-refractivity contribution in [3.63, 3.8) is 0 Å². The van der Waals surface area contributed by atoms with Crippen LogP contribution in [0.1, 0.15) is 22.7 Å². The summed E-state index contributed by atoms with van der Waals surface area (Å²) in [4.78, 5) is 38.0. The quantitative estimate of drug-likeness (QED) is 0.482. The first-order valence-corrected chi connectivity index (χ1v) is 7.57. The number of nitrogens with zero attached hydrogens (tertiary/aromatic N) is 1. The zero-order chi connectivity index (χ0) is 19.0. The number of methoxy groups -OCH3 is 1. The number of aromatic nitrogens is 1. The number of non-ortho nitro benzene ring substituents is 1. The zero-order valence-electron chi connectivity index (χ0n) is 13.9. The maximum Gasteiger partial charge on any atom is 0.340 e. The van der Waals surface area contributed by atoms with Crippen LogP contribution in [0, 0.1) is 17.0 Å². The molecule has 2 aromatic rings. The summed E-state index contributed by atoms with van der Waals surface area (Å²) in [6, 6.07) is 7.21. The van der Waals surface area contributed by atoms with E-state index in [9.17, 15) is 19.7 Å². The highest BCUT2D eigenvalue weighted by Crippen LogP contribution is 2.41. The Bertz CT molecular complexity index is 1010. The summed E-state index contributed by atoms with van der Waals surface area (Å²) in [7, 11) is 1.17. The van der Waals surface area contributed by atoms with E-state index in [1.54, 1.807) is 19.1 Å². The number of nitro groups is 1. The van der Waals surface area contributed by atoms with Gasteiger partial charge < -0.3 is 20.2 Å². The molecule has 1 aliphatic rings. The summed E-state index contributed by atoms with van der Waals surface area (Å²) >= 11 is 0. The Hall–Kier alpha value is -3.62. The molecular formula is C17H15N3O6. The van der Waals surface area contributed by atoms with E-state index in [1.807, 2.05) is 0 Å². The van der Waals surface area contributed by atoms with Gasteiger partial charge in [-0.15, -0.1) is 0 Å². The van der Waals surface area contributed by atoms with E-state index in [-0.39, 0.29) is 28.5 Å². The van der Waals surface area contributed by atoms with E-state index >= 15 is 0 Å². The molecule has 0 spiro atoms. The Labute approximate surface area is 147 Å². The van der Waals surface area contributed by atoms with Gasteiger partial charge >= 0.3 is 5.97 Å². The summed E-state index contributed by atoms with van der Waals surface area (Å²) in [6.45, 7) is 1.67. The topological polar surface area (TPSA) is 138 Å². The largest absolute Gasteiger partial charge is 0.465 e. The molecule has 9 heteroatoms. The lowest BCUT2D eigenvalue weighted by Gasteiger charge is -2.27. The highest BCUT2D eigenvalue weighted by Gasteiger charge is 2.38. The van der Waals surface area contributed by atoms with Crippen LogP contribution in [0.15, 0.2) is 46.6 Å². The summed E-state index contributed by atoms with van der Waals surface area (Å²) < 4.78 is 10.2. The molecular weight excluding hydrogens is 342 g/mol. The monoisotopic (exact) mass is 357 g/mol. The second-order valence-electron chi connectivity index (χ2n) is 5.72. The van der Waals surface area contributed by atoms with Crippen LogP contribution in [0.25, 0.3) is 0 Å². The number of esters is 1. The number of ether oxygens (including phenoxy) is 2. The predicted molar refractivity (Wildman–Crippen MR) is 90.6 cm³/mol. The number of nitro benzene ring substituents is 1. The van der Waals surface area contributed by atoms with Crippen LogP contribution in [0.3, 0.4) is 0 Å². The molecule has 0 saturated heterocycles. The maximum absolute atomic E-state index is 12.6. The summed E-state index contributed by atoms with van der Waals surface area (Å²) in [5, 5.41) is 11.1. The van der Waals surface area contributed by atoms with Gasteiger partial charge in [-0.3, -0.25) is 14.9 Å². The highest BCUT2D eigenvalue weighted by atomic mass is 16.6. The van der Waals surface area contributed by atoms with Crippen LogP contribution in [-0.2, 0) is 9.53 Å². The number of benzene rings is 1. The van der Waals surface area contributed by atoms with Gasteiger partial charge in [-0.05, 0) is 12.5 Å². The lowest BCUT2D eigenvalue weighted by molar-refractivity contribution is -0.384. The minimum absolute atomic E-state index is 0.0881. The van der Waals surface area contributed by atoms with E-state index in [2.05, 4.69) is 4.98 Å². The van der Waals surface area contributed by atoms with Crippen molar-refractivity contribution >= 4 is 11.7 Å². The second-order valence-corrected chi connectivity index (χ2v) is 5.72.